The van der Waals surface area contributed by atoms with Crippen molar-refractivity contribution in [2.75, 3.05) is 13.1 Å². The first-order valence-electron chi connectivity index (χ1n) is 8.45. The van der Waals surface area contributed by atoms with Crippen molar-refractivity contribution >= 4 is 0 Å². The number of nitrogens with one attached hydrogen (secondary N) is 1. The second kappa shape index (κ2) is 6.37. The largest absolute Gasteiger partial charge is 0.508 e. The maximum Gasteiger partial charge on any atom is 0.120 e. The van der Waals surface area contributed by atoms with Gasteiger partial charge in [0.05, 0.1) is 0 Å². The first kappa shape index (κ1) is 14.9. The van der Waals surface area contributed by atoms with Crippen LogP contribution in [0.1, 0.15) is 56.2 Å². The monoisotopic (exact) mass is 288 g/mol. The third-order valence-corrected chi connectivity index (χ3v) is 5.29. The van der Waals surface area contributed by atoms with E-state index in [2.05, 4.69) is 30.1 Å². The average molecular weight is 288 g/mol. The molecule has 3 atom stereocenters. The maximum atomic E-state index is 10.2. The molecule has 3 heteroatoms. The zero-order chi connectivity index (χ0) is 14.8. The Balaban J connectivity index is 1.83. The number of phenols is 1. The van der Waals surface area contributed by atoms with Gasteiger partial charge in [-0.15, -0.1) is 0 Å². The SMILES string of the molecule is Cc1ccc(O)c(C(C)N2CCCCC2C2CCCN2)c1. The third kappa shape index (κ3) is 3.09. The van der Waals surface area contributed by atoms with Gasteiger partial charge in [-0.05, 0) is 58.7 Å². The summed E-state index contributed by atoms with van der Waals surface area (Å²) in [5.74, 6) is 0.441. The number of benzene rings is 1. The van der Waals surface area contributed by atoms with Gasteiger partial charge < -0.3 is 10.4 Å². The van der Waals surface area contributed by atoms with Crippen LogP contribution in [0.4, 0.5) is 0 Å². The predicted octanol–water partition coefficient (Wildman–Crippen LogP) is 3.37. The maximum absolute atomic E-state index is 10.2. The van der Waals surface area contributed by atoms with Gasteiger partial charge in [-0.1, -0.05) is 24.1 Å². The molecule has 2 N–H and O–H groups in total. The molecule has 1 aromatic carbocycles. The van der Waals surface area contributed by atoms with Crippen LogP contribution >= 0.6 is 0 Å². The standard InChI is InChI=1S/C18H28N2O/c1-13-8-9-18(21)15(12-13)14(2)20-11-4-3-7-17(20)16-6-5-10-19-16/h8-9,12,14,16-17,19,21H,3-7,10-11H2,1-2H3. The number of aromatic hydroxyl groups is 1. The molecule has 0 saturated carbocycles. The van der Waals surface area contributed by atoms with Crippen molar-refractivity contribution < 1.29 is 5.11 Å². The normalized spacial score (nSPS) is 28.7. The molecule has 2 fully saturated rings. The van der Waals surface area contributed by atoms with Crippen molar-refractivity contribution in [3.63, 3.8) is 0 Å². The van der Waals surface area contributed by atoms with Gasteiger partial charge in [-0.3, -0.25) is 4.90 Å². The lowest BCUT2D eigenvalue weighted by Crippen LogP contribution is -2.50. The number of likely N-dealkylation sites (tertiary alicyclic amines) is 1. The summed E-state index contributed by atoms with van der Waals surface area (Å²) in [4.78, 5) is 2.63. The molecule has 2 aliphatic rings. The Morgan fingerprint density at radius 2 is 2.10 bits per heavy atom. The van der Waals surface area contributed by atoms with Gasteiger partial charge in [-0.2, -0.15) is 0 Å². The molecule has 0 amide bonds. The number of nitrogens with zero attached hydrogens (tertiary/aromatic N) is 1. The molecule has 2 saturated heterocycles. The van der Waals surface area contributed by atoms with E-state index in [0.717, 1.165) is 12.1 Å². The number of rotatable bonds is 3. The van der Waals surface area contributed by atoms with Crippen LogP contribution in [0, 0.1) is 6.92 Å². The molecule has 116 valence electrons. The smallest absolute Gasteiger partial charge is 0.120 e. The quantitative estimate of drug-likeness (QED) is 0.895. The molecule has 3 nitrogen and oxygen atoms in total. The van der Waals surface area contributed by atoms with Crippen molar-refractivity contribution in [3.8, 4) is 5.75 Å². The topological polar surface area (TPSA) is 35.5 Å². The van der Waals surface area contributed by atoms with Crippen LogP contribution in [0.25, 0.3) is 0 Å². The van der Waals surface area contributed by atoms with Crippen LogP contribution in [0.3, 0.4) is 0 Å². The van der Waals surface area contributed by atoms with E-state index in [1.807, 2.05) is 12.1 Å². The molecule has 0 radical (unpaired) electrons. The highest BCUT2D eigenvalue weighted by Gasteiger charge is 2.34. The van der Waals surface area contributed by atoms with Crippen LogP contribution in [-0.2, 0) is 0 Å². The number of aryl methyl sites for hydroxylation is 1. The van der Waals surface area contributed by atoms with Crippen LogP contribution in [-0.4, -0.2) is 35.2 Å². The summed E-state index contributed by atoms with van der Waals surface area (Å²) in [5, 5.41) is 13.9. The van der Waals surface area contributed by atoms with Crippen LogP contribution in [0.15, 0.2) is 18.2 Å². The van der Waals surface area contributed by atoms with E-state index in [1.54, 1.807) is 0 Å². The van der Waals surface area contributed by atoms with Gasteiger partial charge in [-0.25, -0.2) is 0 Å². The van der Waals surface area contributed by atoms with E-state index in [9.17, 15) is 5.11 Å². The highest BCUT2D eigenvalue weighted by atomic mass is 16.3. The molecule has 0 aliphatic carbocycles. The highest BCUT2D eigenvalue weighted by Crippen LogP contribution is 2.35. The van der Waals surface area contributed by atoms with Crippen LogP contribution in [0.2, 0.25) is 0 Å². The molecule has 0 spiro atoms. The van der Waals surface area contributed by atoms with E-state index in [0.29, 0.717) is 17.8 Å². The minimum absolute atomic E-state index is 0.289. The van der Waals surface area contributed by atoms with E-state index in [1.165, 1.54) is 44.2 Å². The summed E-state index contributed by atoms with van der Waals surface area (Å²) in [7, 11) is 0. The van der Waals surface area contributed by atoms with E-state index in [4.69, 9.17) is 0 Å². The third-order valence-electron chi connectivity index (χ3n) is 5.29. The predicted molar refractivity (Wildman–Crippen MR) is 86.6 cm³/mol. The molecule has 1 aromatic rings. The minimum atomic E-state index is 0.289. The Hall–Kier alpha value is -1.06. The Kier molecular flexibility index (Phi) is 4.51. The molecule has 2 heterocycles. The first-order chi connectivity index (χ1) is 10.2. The van der Waals surface area contributed by atoms with Gasteiger partial charge in [0.1, 0.15) is 5.75 Å². The number of hydrogen-bond donors (Lipinski definition) is 2. The fraction of sp³-hybridized carbons (Fsp3) is 0.667. The number of phenolic OH excluding ortho intramolecular Hbond substituents is 1. The zero-order valence-corrected chi connectivity index (χ0v) is 13.3. The molecular weight excluding hydrogens is 260 g/mol. The zero-order valence-electron chi connectivity index (χ0n) is 13.3. The lowest BCUT2D eigenvalue weighted by atomic mass is 9.91. The molecule has 3 rings (SSSR count). The highest BCUT2D eigenvalue weighted by molar-refractivity contribution is 5.38. The Morgan fingerprint density at radius 3 is 2.86 bits per heavy atom. The van der Waals surface area contributed by atoms with Crippen molar-refractivity contribution in [1.82, 2.24) is 10.2 Å². The fourth-order valence-electron chi connectivity index (χ4n) is 4.12. The van der Waals surface area contributed by atoms with Crippen molar-refractivity contribution in [1.29, 1.82) is 0 Å². The molecular formula is C18H28N2O. The fourth-order valence-corrected chi connectivity index (χ4v) is 4.12. The molecule has 0 bridgehead atoms. The average Bonchev–Trinajstić information content (AvgIpc) is 3.03. The van der Waals surface area contributed by atoms with E-state index in [-0.39, 0.29) is 6.04 Å². The second-order valence-corrected chi connectivity index (χ2v) is 6.74. The molecule has 2 aliphatic heterocycles. The summed E-state index contributed by atoms with van der Waals surface area (Å²) < 4.78 is 0. The summed E-state index contributed by atoms with van der Waals surface area (Å²) >= 11 is 0. The lowest BCUT2D eigenvalue weighted by molar-refractivity contribution is 0.0791. The number of hydrogen-bond acceptors (Lipinski definition) is 3. The summed E-state index contributed by atoms with van der Waals surface area (Å²) in [6.45, 7) is 6.67. The number of piperidine rings is 1. The van der Waals surface area contributed by atoms with Gasteiger partial charge in [0.2, 0.25) is 0 Å². The van der Waals surface area contributed by atoms with E-state index >= 15 is 0 Å². The van der Waals surface area contributed by atoms with E-state index < -0.39 is 0 Å². The summed E-state index contributed by atoms with van der Waals surface area (Å²) in [6.07, 6.45) is 6.51. The molecule has 0 aromatic heterocycles. The first-order valence-corrected chi connectivity index (χ1v) is 8.45. The summed E-state index contributed by atoms with van der Waals surface area (Å²) in [6, 6.07) is 7.52. The van der Waals surface area contributed by atoms with Crippen molar-refractivity contribution in [3.05, 3.63) is 29.3 Å². The van der Waals surface area contributed by atoms with Gasteiger partial charge >= 0.3 is 0 Å². The van der Waals surface area contributed by atoms with Gasteiger partial charge in [0, 0.05) is 23.7 Å². The Morgan fingerprint density at radius 1 is 1.24 bits per heavy atom. The molecule has 3 unspecified atom stereocenters. The van der Waals surface area contributed by atoms with Gasteiger partial charge in [0.25, 0.3) is 0 Å². The van der Waals surface area contributed by atoms with Crippen LogP contribution in [0.5, 0.6) is 5.75 Å². The minimum Gasteiger partial charge on any atom is -0.508 e. The lowest BCUT2D eigenvalue weighted by Gasteiger charge is -2.43. The Labute approximate surface area is 128 Å². The Bertz CT molecular complexity index is 482. The van der Waals surface area contributed by atoms with Crippen molar-refractivity contribution in [2.24, 2.45) is 0 Å². The molecule has 21 heavy (non-hydrogen) atoms. The van der Waals surface area contributed by atoms with Gasteiger partial charge in [0.15, 0.2) is 0 Å². The van der Waals surface area contributed by atoms with Crippen LogP contribution < -0.4 is 5.32 Å². The summed E-state index contributed by atoms with van der Waals surface area (Å²) in [5.41, 5.74) is 2.31. The van der Waals surface area contributed by atoms with Crippen molar-refractivity contribution in [2.45, 2.75) is 64.1 Å². The second-order valence-electron chi connectivity index (χ2n) is 6.74.